The lowest BCUT2D eigenvalue weighted by Crippen LogP contribution is -2.05. The Morgan fingerprint density at radius 2 is 2.22 bits per heavy atom. The van der Waals surface area contributed by atoms with E-state index in [1.807, 2.05) is 0 Å². The van der Waals surface area contributed by atoms with E-state index in [4.69, 9.17) is 11.6 Å². The second-order valence-electron chi connectivity index (χ2n) is 3.81. The molecule has 0 atom stereocenters. The molecule has 0 unspecified atom stereocenters. The molecule has 1 aromatic heterocycles. The van der Waals surface area contributed by atoms with Crippen molar-refractivity contribution < 1.29 is 4.79 Å². The highest BCUT2D eigenvalue weighted by molar-refractivity contribution is 6.34. The number of H-pyrrole nitrogens is 1. The Morgan fingerprint density at radius 1 is 1.33 bits per heavy atom. The van der Waals surface area contributed by atoms with Crippen molar-refractivity contribution >= 4 is 34.6 Å². The molecule has 90 valence electrons. The van der Waals surface area contributed by atoms with E-state index in [2.05, 4.69) is 20.8 Å². The van der Waals surface area contributed by atoms with Crippen molar-refractivity contribution in [2.75, 3.05) is 10.6 Å². The third-order valence-electron chi connectivity index (χ3n) is 2.63. The fraction of sp³-hybridized carbons (Fsp3) is 0. The largest absolute Gasteiger partial charge is 0.344 e. The first-order valence-electron chi connectivity index (χ1n) is 5.32. The first kappa shape index (κ1) is 10.9. The molecule has 2 heterocycles. The summed E-state index contributed by atoms with van der Waals surface area (Å²) in [5.41, 5.74) is 2.09. The molecule has 6 heteroatoms. The SMILES string of the molecule is O=C1Nc2ccc(Cl)cc2C1=CNc1cc[nH]n1. The van der Waals surface area contributed by atoms with E-state index >= 15 is 0 Å². The number of aromatic amines is 1. The van der Waals surface area contributed by atoms with Gasteiger partial charge in [-0.3, -0.25) is 9.89 Å². The van der Waals surface area contributed by atoms with Crippen LogP contribution in [0, 0.1) is 0 Å². The number of aromatic nitrogens is 2. The lowest BCUT2D eigenvalue weighted by atomic mass is 10.1. The highest BCUT2D eigenvalue weighted by Gasteiger charge is 2.24. The minimum Gasteiger partial charge on any atom is -0.344 e. The molecule has 3 rings (SSSR count). The number of nitrogens with one attached hydrogen (secondary N) is 3. The third kappa shape index (κ3) is 1.84. The van der Waals surface area contributed by atoms with Gasteiger partial charge in [0, 0.05) is 34.7 Å². The number of amides is 1. The van der Waals surface area contributed by atoms with Crippen molar-refractivity contribution in [2.24, 2.45) is 0 Å². The number of hydrogen-bond acceptors (Lipinski definition) is 3. The number of nitrogens with zero attached hydrogens (tertiary/aromatic N) is 1. The van der Waals surface area contributed by atoms with E-state index in [1.54, 1.807) is 36.7 Å². The number of halogens is 1. The van der Waals surface area contributed by atoms with E-state index in [-0.39, 0.29) is 5.91 Å². The quantitative estimate of drug-likeness (QED) is 0.727. The minimum atomic E-state index is -0.157. The number of carbonyl (C=O) groups excluding carboxylic acids is 1. The van der Waals surface area contributed by atoms with Crippen LogP contribution in [0.5, 0.6) is 0 Å². The molecular weight excluding hydrogens is 252 g/mol. The van der Waals surface area contributed by atoms with Crippen molar-refractivity contribution in [3.8, 4) is 0 Å². The molecule has 0 saturated carbocycles. The van der Waals surface area contributed by atoms with Crippen LogP contribution in [0.4, 0.5) is 11.5 Å². The van der Waals surface area contributed by atoms with Crippen LogP contribution in [0.15, 0.2) is 36.7 Å². The smallest absolute Gasteiger partial charge is 0.257 e. The molecule has 1 aliphatic heterocycles. The predicted molar refractivity (Wildman–Crippen MR) is 70.3 cm³/mol. The maximum Gasteiger partial charge on any atom is 0.257 e. The summed E-state index contributed by atoms with van der Waals surface area (Å²) in [6, 6.07) is 7.05. The van der Waals surface area contributed by atoms with Gasteiger partial charge in [-0.25, -0.2) is 0 Å². The zero-order valence-electron chi connectivity index (χ0n) is 9.20. The van der Waals surface area contributed by atoms with E-state index in [1.165, 1.54) is 0 Å². The second kappa shape index (κ2) is 4.19. The molecule has 0 aliphatic carbocycles. The summed E-state index contributed by atoms with van der Waals surface area (Å²) in [7, 11) is 0. The Hall–Kier alpha value is -2.27. The molecule has 2 aromatic rings. The zero-order valence-corrected chi connectivity index (χ0v) is 9.95. The standard InChI is InChI=1S/C12H9ClN4O/c13-7-1-2-10-8(5-7)9(12(18)16-10)6-14-11-3-4-15-17-11/h1-6H,(H,16,18)(H2,14,15,17). The lowest BCUT2D eigenvalue weighted by Gasteiger charge is -1.99. The molecule has 18 heavy (non-hydrogen) atoms. The fourth-order valence-corrected chi connectivity index (χ4v) is 1.96. The van der Waals surface area contributed by atoms with E-state index < -0.39 is 0 Å². The van der Waals surface area contributed by atoms with Crippen molar-refractivity contribution in [3.63, 3.8) is 0 Å². The summed E-state index contributed by atoms with van der Waals surface area (Å²) in [5.74, 6) is 0.487. The normalized spacial score (nSPS) is 15.6. The average molecular weight is 261 g/mol. The predicted octanol–water partition coefficient (Wildman–Crippen LogP) is 2.47. The van der Waals surface area contributed by atoms with Crippen LogP contribution in [0.2, 0.25) is 5.02 Å². The number of anilines is 2. The number of hydrogen-bond donors (Lipinski definition) is 3. The van der Waals surface area contributed by atoms with E-state index in [0.29, 0.717) is 16.4 Å². The number of fused-ring (bicyclic) bond motifs is 1. The highest BCUT2D eigenvalue weighted by Crippen LogP contribution is 2.33. The van der Waals surface area contributed by atoms with Gasteiger partial charge in [0.2, 0.25) is 0 Å². The summed E-state index contributed by atoms with van der Waals surface area (Å²) in [6.45, 7) is 0. The topological polar surface area (TPSA) is 69.8 Å². The van der Waals surface area contributed by atoms with Crippen LogP contribution in [-0.2, 0) is 4.79 Å². The van der Waals surface area contributed by atoms with Crippen molar-refractivity contribution in [2.45, 2.75) is 0 Å². The molecular formula is C12H9ClN4O. The molecule has 0 fully saturated rings. The molecule has 1 aliphatic rings. The first-order chi connectivity index (χ1) is 8.74. The summed E-state index contributed by atoms with van der Waals surface area (Å²) in [6.07, 6.45) is 3.31. The van der Waals surface area contributed by atoms with Crippen molar-refractivity contribution in [1.82, 2.24) is 10.2 Å². The number of rotatable bonds is 2. The maximum absolute atomic E-state index is 11.8. The van der Waals surface area contributed by atoms with Crippen molar-refractivity contribution in [3.05, 3.63) is 47.2 Å². The molecule has 5 nitrogen and oxygen atoms in total. The molecule has 1 amide bonds. The molecule has 3 N–H and O–H groups in total. The van der Waals surface area contributed by atoms with Gasteiger partial charge in [0.1, 0.15) is 0 Å². The summed E-state index contributed by atoms with van der Waals surface area (Å²) in [4.78, 5) is 11.8. The van der Waals surface area contributed by atoms with Gasteiger partial charge in [-0.2, -0.15) is 5.10 Å². The van der Waals surface area contributed by atoms with Gasteiger partial charge in [0.05, 0.1) is 5.57 Å². The number of benzene rings is 1. The van der Waals surface area contributed by atoms with Gasteiger partial charge in [-0.05, 0) is 18.2 Å². The molecule has 0 radical (unpaired) electrons. The van der Waals surface area contributed by atoms with Gasteiger partial charge in [0.25, 0.3) is 5.91 Å². The highest BCUT2D eigenvalue weighted by atomic mass is 35.5. The average Bonchev–Trinajstić information content (AvgIpc) is 2.94. The third-order valence-corrected chi connectivity index (χ3v) is 2.86. The Kier molecular flexibility index (Phi) is 2.53. The first-order valence-corrected chi connectivity index (χ1v) is 5.69. The van der Waals surface area contributed by atoms with Gasteiger partial charge < -0.3 is 10.6 Å². The Labute approximate surface area is 108 Å². The minimum absolute atomic E-state index is 0.157. The van der Waals surface area contributed by atoms with Gasteiger partial charge >= 0.3 is 0 Å². The fourth-order valence-electron chi connectivity index (χ4n) is 1.79. The van der Waals surface area contributed by atoms with Gasteiger partial charge in [-0.15, -0.1) is 0 Å². The molecule has 0 spiro atoms. The van der Waals surface area contributed by atoms with Crippen LogP contribution in [-0.4, -0.2) is 16.1 Å². The zero-order chi connectivity index (χ0) is 12.5. The molecule has 0 bridgehead atoms. The maximum atomic E-state index is 11.8. The molecule has 0 saturated heterocycles. The lowest BCUT2D eigenvalue weighted by molar-refractivity contribution is -0.110. The summed E-state index contributed by atoms with van der Waals surface area (Å²) >= 11 is 5.93. The van der Waals surface area contributed by atoms with Crippen molar-refractivity contribution in [1.29, 1.82) is 0 Å². The van der Waals surface area contributed by atoms with Crippen LogP contribution < -0.4 is 10.6 Å². The summed E-state index contributed by atoms with van der Waals surface area (Å²) in [5, 5.41) is 12.9. The Morgan fingerprint density at radius 3 is 3.00 bits per heavy atom. The summed E-state index contributed by atoms with van der Waals surface area (Å²) < 4.78 is 0. The van der Waals surface area contributed by atoms with Gasteiger partial charge in [-0.1, -0.05) is 11.6 Å². The second-order valence-corrected chi connectivity index (χ2v) is 4.24. The van der Waals surface area contributed by atoms with E-state index in [9.17, 15) is 4.79 Å². The van der Waals surface area contributed by atoms with Crippen LogP contribution in [0.3, 0.4) is 0 Å². The van der Waals surface area contributed by atoms with Crippen LogP contribution in [0.1, 0.15) is 5.56 Å². The van der Waals surface area contributed by atoms with E-state index in [0.717, 1.165) is 11.3 Å². The molecule has 1 aromatic carbocycles. The van der Waals surface area contributed by atoms with Crippen LogP contribution in [0.25, 0.3) is 5.57 Å². The Bertz CT molecular complexity index is 634. The Balaban J connectivity index is 1.95. The number of carbonyl (C=O) groups is 1. The van der Waals surface area contributed by atoms with Gasteiger partial charge in [0.15, 0.2) is 5.82 Å². The monoisotopic (exact) mass is 260 g/mol. The van der Waals surface area contributed by atoms with Crippen LogP contribution >= 0.6 is 11.6 Å².